The number of benzene rings is 1. The van der Waals surface area contributed by atoms with Crippen LogP contribution in [0, 0.1) is 12.3 Å². The molecule has 0 spiro atoms. The fourth-order valence-corrected chi connectivity index (χ4v) is 2.62. The molecule has 1 saturated heterocycles. The van der Waals surface area contributed by atoms with E-state index in [1.165, 1.54) is 0 Å². The van der Waals surface area contributed by atoms with Crippen LogP contribution in [0.5, 0.6) is 5.75 Å². The van der Waals surface area contributed by atoms with Crippen LogP contribution in [-0.4, -0.2) is 48.2 Å². The molecular formula is C21H20N2O3. The molecule has 26 heavy (non-hydrogen) atoms. The van der Waals surface area contributed by atoms with Crippen molar-refractivity contribution in [2.75, 3.05) is 26.3 Å². The first-order chi connectivity index (χ1) is 12.7. The maximum Gasteiger partial charge on any atom is 0.246 e. The fraction of sp³-hybridized carbons (Fsp3) is 0.238. The Hall–Kier alpha value is -3.10. The van der Waals surface area contributed by atoms with Gasteiger partial charge < -0.3 is 14.4 Å². The summed E-state index contributed by atoms with van der Waals surface area (Å²) < 4.78 is 11.5. The van der Waals surface area contributed by atoms with E-state index in [-0.39, 0.29) is 12.0 Å². The summed E-state index contributed by atoms with van der Waals surface area (Å²) in [7, 11) is 0. The lowest BCUT2D eigenvalue weighted by atomic mass is 10.2. The molecule has 0 bridgehead atoms. The molecule has 1 aliphatic heterocycles. The highest BCUT2D eigenvalue weighted by Gasteiger charge is 2.23. The molecule has 2 aromatic rings. The Morgan fingerprint density at radius 1 is 1.38 bits per heavy atom. The van der Waals surface area contributed by atoms with Gasteiger partial charge in [-0.3, -0.25) is 9.78 Å². The van der Waals surface area contributed by atoms with Crippen LogP contribution in [0.4, 0.5) is 0 Å². The van der Waals surface area contributed by atoms with Crippen LogP contribution in [0.25, 0.3) is 6.08 Å². The largest absolute Gasteiger partial charge is 0.491 e. The summed E-state index contributed by atoms with van der Waals surface area (Å²) in [5, 5.41) is 0. The van der Waals surface area contributed by atoms with Gasteiger partial charge in [-0.2, -0.15) is 0 Å². The van der Waals surface area contributed by atoms with Crippen molar-refractivity contribution >= 4 is 12.0 Å². The lowest BCUT2D eigenvalue weighted by Crippen LogP contribution is -2.47. The zero-order valence-corrected chi connectivity index (χ0v) is 14.4. The summed E-state index contributed by atoms with van der Waals surface area (Å²) >= 11 is 0. The molecule has 0 aliphatic carbocycles. The van der Waals surface area contributed by atoms with Crippen LogP contribution < -0.4 is 4.74 Å². The second kappa shape index (κ2) is 8.84. The molecule has 132 valence electrons. The maximum absolute atomic E-state index is 12.4. The van der Waals surface area contributed by atoms with E-state index in [9.17, 15) is 4.79 Å². The molecular weight excluding hydrogens is 328 g/mol. The van der Waals surface area contributed by atoms with E-state index in [0.717, 1.165) is 11.3 Å². The van der Waals surface area contributed by atoms with Gasteiger partial charge in [0.25, 0.3) is 0 Å². The van der Waals surface area contributed by atoms with E-state index in [1.807, 2.05) is 36.4 Å². The van der Waals surface area contributed by atoms with Crippen molar-refractivity contribution in [2.24, 2.45) is 0 Å². The van der Waals surface area contributed by atoms with Crippen LogP contribution in [0.3, 0.4) is 0 Å². The van der Waals surface area contributed by atoms with E-state index < -0.39 is 0 Å². The van der Waals surface area contributed by atoms with Crippen molar-refractivity contribution in [2.45, 2.75) is 6.10 Å². The van der Waals surface area contributed by atoms with Gasteiger partial charge in [-0.05, 0) is 36.4 Å². The van der Waals surface area contributed by atoms with E-state index in [1.54, 1.807) is 29.3 Å². The average molecular weight is 348 g/mol. The van der Waals surface area contributed by atoms with Crippen LogP contribution >= 0.6 is 0 Å². The quantitative estimate of drug-likeness (QED) is 0.615. The second-order valence-electron chi connectivity index (χ2n) is 5.85. The van der Waals surface area contributed by atoms with Crippen LogP contribution in [0.2, 0.25) is 0 Å². The number of rotatable bonds is 5. The Labute approximate surface area is 153 Å². The van der Waals surface area contributed by atoms with E-state index in [2.05, 4.69) is 10.9 Å². The Bertz CT molecular complexity index is 812. The molecule has 0 radical (unpaired) electrons. The Kier molecular flexibility index (Phi) is 6.02. The minimum Gasteiger partial charge on any atom is -0.491 e. The molecule has 0 N–H and O–H groups in total. The van der Waals surface area contributed by atoms with Crippen molar-refractivity contribution in [1.29, 1.82) is 0 Å². The highest BCUT2D eigenvalue weighted by Crippen LogP contribution is 2.14. The van der Waals surface area contributed by atoms with Crippen molar-refractivity contribution in [3.63, 3.8) is 0 Å². The van der Waals surface area contributed by atoms with Crippen molar-refractivity contribution in [3.8, 4) is 18.1 Å². The standard InChI is InChI=1S/C21H20N2O3/c1-2-17-6-5-8-19(14-17)26-16-20-15-23(12-13-25-20)21(24)10-9-18-7-3-4-11-22-18/h1,3-11,14,20H,12-13,15-16H2. The first-order valence-electron chi connectivity index (χ1n) is 8.44. The Morgan fingerprint density at radius 3 is 3.12 bits per heavy atom. The highest BCUT2D eigenvalue weighted by atomic mass is 16.5. The highest BCUT2D eigenvalue weighted by molar-refractivity contribution is 5.91. The van der Waals surface area contributed by atoms with Gasteiger partial charge in [0.2, 0.25) is 5.91 Å². The Morgan fingerprint density at radius 2 is 2.31 bits per heavy atom. The third-order valence-corrected chi connectivity index (χ3v) is 3.97. The molecule has 1 unspecified atom stereocenters. The second-order valence-corrected chi connectivity index (χ2v) is 5.85. The predicted octanol–water partition coefficient (Wildman–Crippen LogP) is 2.38. The number of hydrogen-bond donors (Lipinski definition) is 0. The zero-order chi connectivity index (χ0) is 18.2. The lowest BCUT2D eigenvalue weighted by Gasteiger charge is -2.32. The number of terminal acetylenes is 1. The summed E-state index contributed by atoms with van der Waals surface area (Å²) in [6.45, 7) is 1.90. The van der Waals surface area contributed by atoms with Crippen molar-refractivity contribution in [1.82, 2.24) is 9.88 Å². The number of aromatic nitrogens is 1. The van der Waals surface area contributed by atoms with Gasteiger partial charge >= 0.3 is 0 Å². The van der Waals surface area contributed by atoms with Crippen LogP contribution in [0.1, 0.15) is 11.3 Å². The molecule has 1 atom stereocenters. The molecule has 1 aromatic carbocycles. The molecule has 0 saturated carbocycles. The lowest BCUT2D eigenvalue weighted by molar-refractivity contribution is -0.134. The number of carbonyl (C=O) groups is 1. The van der Waals surface area contributed by atoms with Gasteiger partial charge in [0.05, 0.1) is 18.8 Å². The summed E-state index contributed by atoms with van der Waals surface area (Å²) in [5.41, 5.74) is 1.52. The van der Waals surface area contributed by atoms with E-state index in [0.29, 0.717) is 32.1 Å². The molecule has 1 aromatic heterocycles. The topological polar surface area (TPSA) is 51.7 Å². The summed E-state index contributed by atoms with van der Waals surface area (Å²) in [4.78, 5) is 18.3. The minimum atomic E-state index is -0.176. The predicted molar refractivity (Wildman–Crippen MR) is 99.5 cm³/mol. The smallest absolute Gasteiger partial charge is 0.246 e. The summed E-state index contributed by atoms with van der Waals surface area (Å²) in [5.74, 6) is 3.22. The maximum atomic E-state index is 12.4. The number of hydrogen-bond acceptors (Lipinski definition) is 4. The number of pyridine rings is 1. The molecule has 1 amide bonds. The van der Waals surface area contributed by atoms with Gasteiger partial charge in [0, 0.05) is 24.4 Å². The first-order valence-corrected chi connectivity index (χ1v) is 8.44. The number of carbonyl (C=O) groups excluding carboxylic acids is 1. The molecule has 1 aliphatic rings. The molecule has 1 fully saturated rings. The van der Waals surface area contributed by atoms with Gasteiger partial charge in [0.15, 0.2) is 0 Å². The third-order valence-electron chi connectivity index (χ3n) is 3.97. The number of amides is 1. The third kappa shape index (κ3) is 4.95. The average Bonchev–Trinajstić information content (AvgIpc) is 2.71. The van der Waals surface area contributed by atoms with Crippen molar-refractivity contribution < 1.29 is 14.3 Å². The summed E-state index contributed by atoms with van der Waals surface area (Å²) in [6, 6.07) is 12.9. The fourth-order valence-electron chi connectivity index (χ4n) is 2.62. The molecule has 5 heteroatoms. The molecule has 2 heterocycles. The normalized spacial score (nSPS) is 17.0. The minimum absolute atomic E-state index is 0.0571. The summed E-state index contributed by atoms with van der Waals surface area (Å²) in [6.07, 6.45) is 10.2. The van der Waals surface area contributed by atoms with E-state index >= 15 is 0 Å². The SMILES string of the molecule is C#Cc1cccc(OCC2CN(C(=O)C=Cc3ccccn3)CCO2)c1. The van der Waals surface area contributed by atoms with Crippen molar-refractivity contribution in [3.05, 3.63) is 66.0 Å². The molecule has 3 rings (SSSR count). The van der Waals surface area contributed by atoms with Crippen LogP contribution in [0.15, 0.2) is 54.7 Å². The van der Waals surface area contributed by atoms with E-state index in [4.69, 9.17) is 15.9 Å². The first kappa shape index (κ1) is 17.7. The van der Waals surface area contributed by atoms with Gasteiger partial charge in [0.1, 0.15) is 18.5 Å². The van der Waals surface area contributed by atoms with Crippen LogP contribution in [-0.2, 0) is 9.53 Å². The number of ether oxygens (including phenoxy) is 2. The monoisotopic (exact) mass is 348 g/mol. The zero-order valence-electron chi connectivity index (χ0n) is 14.4. The number of nitrogens with zero attached hydrogens (tertiary/aromatic N) is 2. The van der Waals surface area contributed by atoms with Gasteiger partial charge in [-0.1, -0.05) is 18.1 Å². The van der Waals surface area contributed by atoms with Gasteiger partial charge in [-0.15, -0.1) is 6.42 Å². The molecule has 5 nitrogen and oxygen atoms in total. The Balaban J connectivity index is 1.52. The van der Waals surface area contributed by atoms with Gasteiger partial charge in [-0.25, -0.2) is 0 Å². The number of morpholine rings is 1.